The number of nitrogens with one attached hydrogen (secondary N) is 1. The first-order valence-electron chi connectivity index (χ1n) is 8.31. The molecule has 0 aliphatic carbocycles. The molecule has 1 atom stereocenters. The summed E-state index contributed by atoms with van der Waals surface area (Å²) in [5, 5.41) is 13.0. The zero-order valence-corrected chi connectivity index (χ0v) is 14.2. The van der Waals surface area contributed by atoms with E-state index < -0.39 is 0 Å². The summed E-state index contributed by atoms with van der Waals surface area (Å²) in [5.74, 6) is -0.0944. The van der Waals surface area contributed by atoms with Crippen LogP contribution in [0.15, 0.2) is 96.7 Å². The van der Waals surface area contributed by atoms with E-state index in [4.69, 9.17) is 0 Å². The van der Waals surface area contributed by atoms with Gasteiger partial charge in [0.2, 0.25) is 0 Å². The fourth-order valence-electron chi connectivity index (χ4n) is 2.83. The van der Waals surface area contributed by atoms with Gasteiger partial charge in [0.15, 0.2) is 0 Å². The van der Waals surface area contributed by atoms with E-state index in [1.54, 1.807) is 0 Å². The third-order valence-electron chi connectivity index (χ3n) is 4.15. The van der Waals surface area contributed by atoms with Crippen LogP contribution < -0.4 is 5.32 Å². The molecular formula is C23H20N2. The van der Waals surface area contributed by atoms with Crippen molar-refractivity contribution >= 4 is 5.69 Å². The van der Waals surface area contributed by atoms with Crippen LogP contribution in [0.4, 0.5) is 5.69 Å². The molecule has 0 heterocycles. The van der Waals surface area contributed by atoms with Crippen LogP contribution in [0.2, 0.25) is 0 Å². The van der Waals surface area contributed by atoms with Crippen molar-refractivity contribution in [2.24, 2.45) is 0 Å². The molecule has 0 aromatic heterocycles. The van der Waals surface area contributed by atoms with Crippen LogP contribution in [0.1, 0.15) is 22.6 Å². The Labute approximate surface area is 149 Å². The first kappa shape index (κ1) is 16.5. The normalized spacial score (nSPS) is 12.2. The molecule has 0 fully saturated rings. The van der Waals surface area contributed by atoms with Crippen LogP contribution in [0.25, 0.3) is 0 Å². The third kappa shape index (κ3) is 4.16. The highest BCUT2D eigenvalue weighted by molar-refractivity contribution is 5.51. The maximum atomic E-state index is 9.79. The van der Waals surface area contributed by atoms with E-state index in [1.165, 1.54) is 5.56 Å². The number of nitrogens with zero attached hydrogens (tertiary/aromatic N) is 1. The SMILES string of the molecule is Cc1ccc(C(C(C#N)=CNc2ccccc2)c2ccccc2)cc1. The van der Waals surface area contributed by atoms with Gasteiger partial charge in [0.1, 0.15) is 0 Å². The summed E-state index contributed by atoms with van der Waals surface area (Å²) < 4.78 is 0. The highest BCUT2D eigenvalue weighted by Crippen LogP contribution is 2.31. The summed E-state index contributed by atoms with van der Waals surface area (Å²) in [6.45, 7) is 2.07. The van der Waals surface area contributed by atoms with Gasteiger partial charge in [0, 0.05) is 17.8 Å². The molecule has 0 bridgehead atoms. The van der Waals surface area contributed by atoms with Gasteiger partial charge in [-0.15, -0.1) is 0 Å². The maximum absolute atomic E-state index is 9.79. The van der Waals surface area contributed by atoms with Crippen molar-refractivity contribution in [2.75, 3.05) is 5.32 Å². The van der Waals surface area contributed by atoms with E-state index in [0.29, 0.717) is 5.57 Å². The quantitative estimate of drug-likeness (QED) is 0.616. The van der Waals surface area contributed by atoms with Gasteiger partial charge in [-0.1, -0.05) is 78.4 Å². The molecule has 1 unspecified atom stereocenters. The van der Waals surface area contributed by atoms with Gasteiger partial charge in [0.05, 0.1) is 11.6 Å². The molecule has 25 heavy (non-hydrogen) atoms. The molecule has 0 saturated heterocycles. The number of hydrogen-bond donors (Lipinski definition) is 1. The number of hydrogen-bond acceptors (Lipinski definition) is 2. The number of benzene rings is 3. The zero-order valence-electron chi connectivity index (χ0n) is 14.2. The van der Waals surface area contributed by atoms with Crippen molar-refractivity contribution in [1.29, 1.82) is 5.26 Å². The van der Waals surface area contributed by atoms with Crippen LogP contribution in [-0.4, -0.2) is 0 Å². The third-order valence-corrected chi connectivity index (χ3v) is 4.15. The number of allylic oxidation sites excluding steroid dienone is 1. The predicted molar refractivity (Wildman–Crippen MR) is 103 cm³/mol. The number of aryl methyl sites for hydroxylation is 1. The van der Waals surface area contributed by atoms with Gasteiger partial charge in [0.25, 0.3) is 0 Å². The number of para-hydroxylation sites is 1. The molecule has 0 saturated carbocycles. The van der Waals surface area contributed by atoms with Gasteiger partial charge in [-0.3, -0.25) is 0 Å². The Bertz CT molecular complexity index is 873. The highest BCUT2D eigenvalue weighted by Gasteiger charge is 2.19. The topological polar surface area (TPSA) is 35.8 Å². The van der Waals surface area contributed by atoms with Gasteiger partial charge >= 0.3 is 0 Å². The Morgan fingerprint density at radius 1 is 0.840 bits per heavy atom. The van der Waals surface area contributed by atoms with Crippen LogP contribution in [0, 0.1) is 18.3 Å². The summed E-state index contributed by atoms with van der Waals surface area (Å²) in [6.07, 6.45) is 1.81. The Morgan fingerprint density at radius 3 is 2.00 bits per heavy atom. The Hall–Kier alpha value is -3.31. The van der Waals surface area contributed by atoms with Crippen molar-refractivity contribution in [2.45, 2.75) is 12.8 Å². The van der Waals surface area contributed by atoms with Gasteiger partial charge in [-0.05, 0) is 30.2 Å². The molecule has 2 nitrogen and oxygen atoms in total. The lowest BCUT2D eigenvalue weighted by atomic mass is 9.85. The highest BCUT2D eigenvalue weighted by atomic mass is 14.8. The lowest BCUT2D eigenvalue weighted by molar-refractivity contribution is 0.976. The molecule has 3 aromatic rings. The second-order valence-corrected chi connectivity index (χ2v) is 5.98. The average molecular weight is 324 g/mol. The van der Waals surface area contributed by atoms with Crippen LogP contribution in [0.5, 0.6) is 0 Å². The maximum Gasteiger partial charge on any atom is 0.0972 e. The fraction of sp³-hybridized carbons (Fsp3) is 0.0870. The minimum absolute atomic E-state index is 0.0944. The molecule has 0 aliphatic heterocycles. The van der Waals surface area contributed by atoms with Gasteiger partial charge in [-0.25, -0.2) is 0 Å². The lowest BCUT2D eigenvalue weighted by Gasteiger charge is -2.18. The molecule has 122 valence electrons. The lowest BCUT2D eigenvalue weighted by Crippen LogP contribution is -2.06. The van der Waals surface area contributed by atoms with E-state index in [9.17, 15) is 5.26 Å². The van der Waals surface area contributed by atoms with E-state index in [2.05, 4.69) is 54.7 Å². The Kier molecular flexibility index (Phi) is 5.29. The van der Waals surface area contributed by atoms with Crippen molar-refractivity contribution in [3.05, 3.63) is 113 Å². The number of anilines is 1. The van der Waals surface area contributed by atoms with Crippen LogP contribution in [0.3, 0.4) is 0 Å². The van der Waals surface area contributed by atoms with Crippen molar-refractivity contribution in [3.63, 3.8) is 0 Å². The molecule has 1 N–H and O–H groups in total. The zero-order chi connectivity index (χ0) is 17.5. The summed E-state index contributed by atoms with van der Waals surface area (Å²) >= 11 is 0. The Morgan fingerprint density at radius 2 is 1.40 bits per heavy atom. The molecule has 0 radical (unpaired) electrons. The molecular weight excluding hydrogens is 304 g/mol. The van der Waals surface area contributed by atoms with E-state index in [0.717, 1.165) is 16.8 Å². The summed E-state index contributed by atoms with van der Waals surface area (Å²) in [4.78, 5) is 0. The predicted octanol–water partition coefficient (Wildman–Crippen LogP) is 5.65. The van der Waals surface area contributed by atoms with Crippen molar-refractivity contribution < 1.29 is 0 Å². The Balaban J connectivity index is 2.00. The van der Waals surface area contributed by atoms with Crippen molar-refractivity contribution in [1.82, 2.24) is 0 Å². The van der Waals surface area contributed by atoms with Gasteiger partial charge < -0.3 is 5.32 Å². The number of nitriles is 1. The second kappa shape index (κ2) is 7.99. The molecule has 0 spiro atoms. The molecule has 3 rings (SSSR count). The molecule has 0 aliphatic rings. The molecule has 0 amide bonds. The second-order valence-electron chi connectivity index (χ2n) is 5.98. The number of rotatable bonds is 5. The van der Waals surface area contributed by atoms with Crippen LogP contribution in [-0.2, 0) is 0 Å². The summed E-state index contributed by atoms with van der Waals surface area (Å²) in [6, 6.07) is 30.8. The monoisotopic (exact) mass is 324 g/mol. The van der Waals surface area contributed by atoms with Gasteiger partial charge in [-0.2, -0.15) is 5.26 Å². The molecule has 2 heteroatoms. The smallest absolute Gasteiger partial charge is 0.0972 e. The van der Waals surface area contributed by atoms with E-state index >= 15 is 0 Å². The van der Waals surface area contributed by atoms with Crippen molar-refractivity contribution in [3.8, 4) is 6.07 Å². The summed E-state index contributed by atoms with van der Waals surface area (Å²) in [7, 11) is 0. The standard InChI is InChI=1S/C23H20N2/c1-18-12-14-20(15-13-18)23(19-8-4-2-5-9-19)21(16-24)17-25-22-10-6-3-7-11-22/h2-15,17,23,25H,1H3. The first-order valence-corrected chi connectivity index (χ1v) is 8.31. The largest absolute Gasteiger partial charge is 0.361 e. The molecule has 3 aromatic carbocycles. The fourth-order valence-corrected chi connectivity index (χ4v) is 2.83. The van der Waals surface area contributed by atoms with E-state index in [-0.39, 0.29) is 5.92 Å². The summed E-state index contributed by atoms with van der Waals surface area (Å²) in [5.41, 5.74) is 5.07. The average Bonchev–Trinajstić information content (AvgIpc) is 2.68. The first-order chi connectivity index (χ1) is 12.3. The van der Waals surface area contributed by atoms with Crippen LogP contribution >= 0.6 is 0 Å². The minimum atomic E-state index is -0.0944. The minimum Gasteiger partial charge on any atom is -0.361 e. The van der Waals surface area contributed by atoms with E-state index in [1.807, 2.05) is 54.7 Å².